The molecule has 1 aromatic carbocycles. The molecule has 0 aliphatic carbocycles. The minimum Gasteiger partial charge on any atom is -0.497 e. The monoisotopic (exact) mass is 263 g/mol. The van der Waals surface area contributed by atoms with Crippen LogP contribution in [0.25, 0.3) is 0 Å². The molecule has 0 amide bonds. The molecule has 104 valence electrons. The van der Waals surface area contributed by atoms with Gasteiger partial charge in [0.05, 0.1) is 19.3 Å². The van der Waals surface area contributed by atoms with E-state index in [0.717, 1.165) is 25.4 Å². The number of methoxy groups -OCH3 is 1. The number of ether oxygens (including phenoxy) is 2. The van der Waals surface area contributed by atoms with E-state index in [2.05, 4.69) is 18.7 Å². The highest BCUT2D eigenvalue weighted by Gasteiger charge is 2.38. The van der Waals surface area contributed by atoms with Crippen molar-refractivity contribution in [3.05, 3.63) is 29.8 Å². The standard InChI is InChI=1S/C15H21NO3/c1-4-16-9-15(2,10-16)11-19-14(17)12-5-7-13(18-3)8-6-12/h5-8H,4,9-11H2,1-3H3. The van der Waals surface area contributed by atoms with Gasteiger partial charge in [0, 0.05) is 18.5 Å². The molecule has 2 rings (SSSR count). The number of nitrogens with zero attached hydrogens (tertiary/aromatic N) is 1. The summed E-state index contributed by atoms with van der Waals surface area (Å²) in [7, 11) is 1.60. The highest BCUT2D eigenvalue weighted by Crippen LogP contribution is 2.29. The van der Waals surface area contributed by atoms with E-state index < -0.39 is 0 Å². The molecule has 0 spiro atoms. The van der Waals surface area contributed by atoms with Crippen LogP contribution in [0.3, 0.4) is 0 Å². The van der Waals surface area contributed by atoms with Gasteiger partial charge in [0.2, 0.25) is 0 Å². The molecule has 1 aliphatic rings. The van der Waals surface area contributed by atoms with Crippen LogP contribution in [0.1, 0.15) is 24.2 Å². The molecule has 1 aliphatic heterocycles. The average molecular weight is 263 g/mol. The van der Waals surface area contributed by atoms with Gasteiger partial charge in [0.15, 0.2) is 0 Å². The number of carbonyl (C=O) groups excluding carboxylic acids is 1. The average Bonchev–Trinajstić information content (AvgIpc) is 2.41. The molecule has 0 atom stereocenters. The molecule has 0 N–H and O–H groups in total. The fraction of sp³-hybridized carbons (Fsp3) is 0.533. The van der Waals surface area contributed by atoms with Crippen LogP contribution in [0.4, 0.5) is 0 Å². The van der Waals surface area contributed by atoms with E-state index in [1.54, 1.807) is 31.4 Å². The van der Waals surface area contributed by atoms with Crippen LogP contribution in [0, 0.1) is 5.41 Å². The first-order valence-corrected chi connectivity index (χ1v) is 6.60. The van der Waals surface area contributed by atoms with Crippen molar-refractivity contribution >= 4 is 5.97 Å². The zero-order valence-corrected chi connectivity index (χ0v) is 11.8. The number of esters is 1. The normalized spacial score (nSPS) is 17.6. The Hall–Kier alpha value is -1.55. The van der Waals surface area contributed by atoms with Crippen molar-refractivity contribution in [2.24, 2.45) is 5.41 Å². The third-order valence-corrected chi connectivity index (χ3v) is 3.54. The lowest BCUT2D eigenvalue weighted by Crippen LogP contribution is -2.56. The summed E-state index contributed by atoms with van der Waals surface area (Å²) < 4.78 is 10.5. The van der Waals surface area contributed by atoms with Gasteiger partial charge in [-0.15, -0.1) is 0 Å². The molecule has 0 saturated carbocycles. The van der Waals surface area contributed by atoms with Crippen molar-refractivity contribution in [1.82, 2.24) is 4.90 Å². The Morgan fingerprint density at radius 3 is 2.47 bits per heavy atom. The van der Waals surface area contributed by atoms with Gasteiger partial charge in [-0.2, -0.15) is 0 Å². The highest BCUT2D eigenvalue weighted by molar-refractivity contribution is 5.89. The number of likely N-dealkylation sites (tertiary alicyclic amines) is 1. The van der Waals surface area contributed by atoms with Crippen LogP contribution in [0.2, 0.25) is 0 Å². The number of rotatable bonds is 5. The second-order valence-corrected chi connectivity index (χ2v) is 5.42. The van der Waals surface area contributed by atoms with Crippen LogP contribution in [0.15, 0.2) is 24.3 Å². The number of carbonyl (C=O) groups is 1. The quantitative estimate of drug-likeness (QED) is 0.763. The van der Waals surface area contributed by atoms with E-state index >= 15 is 0 Å². The summed E-state index contributed by atoms with van der Waals surface area (Å²) in [6, 6.07) is 6.98. The molecule has 0 bridgehead atoms. The molecule has 1 saturated heterocycles. The van der Waals surface area contributed by atoms with Gasteiger partial charge < -0.3 is 14.4 Å². The topological polar surface area (TPSA) is 38.8 Å². The van der Waals surface area contributed by atoms with Crippen LogP contribution in [-0.4, -0.2) is 44.2 Å². The molecule has 0 radical (unpaired) electrons. The minimum atomic E-state index is -0.265. The summed E-state index contributed by atoms with van der Waals surface area (Å²) in [5.74, 6) is 0.472. The molecule has 0 unspecified atom stereocenters. The SMILES string of the molecule is CCN1CC(C)(COC(=O)c2ccc(OC)cc2)C1. The van der Waals surface area contributed by atoms with Crippen molar-refractivity contribution in [3.63, 3.8) is 0 Å². The summed E-state index contributed by atoms with van der Waals surface area (Å²) in [5.41, 5.74) is 0.675. The Morgan fingerprint density at radius 1 is 1.32 bits per heavy atom. The van der Waals surface area contributed by atoms with Crippen LogP contribution in [-0.2, 0) is 4.74 Å². The van der Waals surface area contributed by atoms with Gasteiger partial charge in [0.25, 0.3) is 0 Å². The Kier molecular flexibility index (Phi) is 4.10. The lowest BCUT2D eigenvalue weighted by Gasteiger charge is -2.47. The molecular formula is C15H21NO3. The Labute approximate surface area is 114 Å². The molecule has 0 aromatic heterocycles. The first-order chi connectivity index (χ1) is 9.06. The first-order valence-electron chi connectivity index (χ1n) is 6.60. The third-order valence-electron chi connectivity index (χ3n) is 3.54. The van der Waals surface area contributed by atoms with Gasteiger partial charge in [0.1, 0.15) is 5.75 Å². The summed E-state index contributed by atoms with van der Waals surface area (Å²) in [6.07, 6.45) is 0. The minimum absolute atomic E-state index is 0.109. The van der Waals surface area contributed by atoms with Crippen LogP contribution < -0.4 is 4.74 Å². The van der Waals surface area contributed by atoms with E-state index in [4.69, 9.17) is 9.47 Å². The Morgan fingerprint density at radius 2 is 1.95 bits per heavy atom. The predicted octanol–water partition coefficient (Wildman–Crippen LogP) is 2.19. The molecule has 1 aromatic rings. The van der Waals surface area contributed by atoms with Crippen molar-refractivity contribution in [3.8, 4) is 5.75 Å². The highest BCUT2D eigenvalue weighted by atomic mass is 16.5. The maximum Gasteiger partial charge on any atom is 0.338 e. The summed E-state index contributed by atoms with van der Waals surface area (Å²) >= 11 is 0. The summed E-state index contributed by atoms with van der Waals surface area (Å²) in [4.78, 5) is 14.2. The van der Waals surface area contributed by atoms with E-state index in [-0.39, 0.29) is 11.4 Å². The molecule has 1 fully saturated rings. The lowest BCUT2D eigenvalue weighted by molar-refractivity contribution is -0.0375. The van der Waals surface area contributed by atoms with Gasteiger partial charge in [-0.05, 0) is 30.8 Å². The fourth-order valence-electron chi connectivity index (χ4n) is 2.40. The van der Waals surface area contributed by atoms with Crippen LogP contribution >= 0.6 is 0 Å². The van der Waals surface area contributed by atoms with E-state index in [1.165, 1.54) is 0 Å². The third kappa shape index (κ3) is 3.26. The van der Waals surface area contributed by atoms with Crippen LogP contribution in [0.5, 0.6) is 5.75 Å². The molecular weight excluding hydrogens is 242 g/mol. The second-order valence-electron chi connectivity index (χ2n) is 5.42. The Balaban J connectivity index is 1.84. The number of hydrogen-bond acceptors (Lipinski definition) is 4. The maximum absolute atomic E-state index is 11.9. The lowest BCUT2D eigenvalue weighted by atomic mass is 9.83. The zero-order valence-electron chi connectivity index (χ0n) is 11.8. The predicted molar refractivity (Wildman–Crippen MR) is 73.5 cm³/mol. The second kappa shape index (κ2) is 5.61. The van der Waals surface area contributed by atoms with Crippen molar-refractivity contribution in [1.29, 1.82) is 0 Å². The van der Waals surface area contributed by atoms with Gasteiger partial charge in [-0.25, -0.2) is 4.79 Å². The van der Waals surface area contributed by atoms with Crippen molar-refractivity contribution in [2.75, 3.05) is 33.4 Å². The number of benzene rings is 1. The summed E-state index contributed by atoms with van der Waals surface area (Å²) in [6.45, 7) is 7.83. The van der Waals surface area contributed by atoms with Crippen molar-refractivity contribution in [2.45, 2.75) is 13.8 Å². The maximum atomic E-state index is 11.9. The smallest absolute Gasteiger partial charge is 0.338 e. The molecule has 1 heterocycles. The van der Waals surface area contributed by atoms with Crippen molar-refractivity contribution < 1.29 is 14.3 Å². The van der Waals surface area contributed by atoms with E-state index in [0.29, 0.717) is 12.2 Å². The molecule has 4 heteroatoms. The first kappa shape index (κ1) is 13.9. The molecule has 19 heavy (non-hydrogen) atoms. The molecule has 4 nitrogen and oxygen atoms in total. The number of hydrogen-bond donors (Lipinski definition) is 0. The Bertz CT molecular complexity index is 435. The van der Waals surface area contributed by atoms with E-state index in [1.807, 2.05) is 0 Å². The van der Waals surface area contributed by atoms with E-state index in [9.17, 15) is 4.79 Å². The zero-order chi connectivity index (χ0) is 13.9. The van der Waals surface area contributed by atoms with Gasteiger partial charge >= 0.3 is 5.97 Å². The van der Waals surface area contributed by atoms with Gasteiger partial charge in [-0.1, -0.05) is 13.8 Å². The van der Waals surface area contributed by atoms with Gasteiger partial charge in [-0.3, -0.25) is 0 Å². The largest absolute Gasteiger partial charge is 0.497 e. The fourth-order valence-corrected chi connectivity index (χ4v) is 2.40. The summed E-state index contributed by atoms with van der Waals surface area (Å²) in [5, 5.41) is 0.